The van der Waals surface area contributed by atoms with Crippen LogP contribution in [0, 0.1) is 20.8 Å². The molecule has 0 aliphatic heterocycles. The summed E-state index contributed by atoms with van der Waals surface area (Å²) in [6.45, 7) is 5.83. The van der Waals surface area contributed by atoms with Crippen molar-refractivity contribution in [2.75, 3.05) is 10.6 Å². The largest absolute Gasteiger partial charge is 0.323 e. The van der Waals surface area contributed by atoms with Gasteiger partial charge in [0.05, 0.1) is 0 Å². The van der Waals surface area contributed by atoms with Crippen molar-refractivity contribution in [3.05, 3.63) is 56.5 Å². The number of urea groups is 1. The van der Waals surface area contributed by atoms with Gasteiger partial charge >= 0.3 is 6.03 Å². The molecule has 0 aliphatic rings. The van der Waals surface area contributed by atoms with Gasteiger partial charge in [0.2, 0.25) is 0 Å². The molecule has 3 nitrogen and oxygen atoms in total. The lowest BCUT2D eigenvalue weighted by Gasteiger charge is -2.13. The third-order valence-electron chi connectivity index (χ3n) is 3.17. The highest BCUT2D eigenvalue weighted by Gasteiger charge is 2.09. The quantitative estimate of drug-likeness (QED) is 0.705. The summed E-state index contributed by atoms with van der Waals surface area (Å²) in [5, 5.41) is 6.28. The molecule has 21 heavy (non-hydrogen) atoms. The van der Waals surface area contributed by atoms with Gasteiger partial charge in [-0.25, -0.2) is 4.79 Å². The molecule has 0 aromatic heterocycles. The summed E-state index contributed by atoms with van der Waals surface area (Å²) in [5.74, 6) is 0. The molecule has 0 atom stereocenters. The molecule has 2 aromatic rings. The molecular formula is C16H16BrClN2O. The predicted octanol–water partition coefficient (Wildman–Crippen LogP) is 5.67. The van der Waals surface area contributed by atoms with Gasteiger partial charge in [-0.2, -0.15) is 0 Å². The number of halogens is 2. The fourth-order valence-electron chi connectivity index (χ4n) is 2.05. The molecule has 5 heteroatoms. The van der Waals surface area contributed by atoms with Crippen LogP contribution in [-0.2, 0) is 0 Å². The highest BCUT2D eigenvalue weighted by molar-refractivity contribution is 9.10. The van der Waals surface area contributed by atoms with Gasteiger partial charge in [0, 0.05) is 20.9 Å². The van der Waals surface area contributed by atoms with E-state index in [0.717, 1.165) is 26.9 Å². The Hall–Kier alpha value is -1.52. The summed E-state index contributed by atoms with van der Waals surface area (Å²) in [6, 6.07) is 9.06. The van der Waals surface area contributed by atoms with Crippen LogP contribution in [0.4, 0.5) is 16.2 Å². The van der Waals surface area contributed by atoms with Crippen LogP contribution in [0.5, 0.6) is 0 Å². The summed E-state index contributed by atoms with van der Waals surface area (Å²) in [4.78, 5) is 12.1. The Morgan fingerprint density at radius 3 is 2.19 bits per heavy atom. The summed E-state index contributed by atoms with van der Waals surface area (Å²) < 4.78 is 0.994. The minimum atomic E-state index is -0.288. The van der Waals surface area contributed by atoms with Gasteiger partial charge in [-0.1, -0.05) is 33.6 Å². The molecule has 0 unspecified atom stereocenters. The van der Waals surface area contributed by atoms with E-state index in [1.807, 2.05) is 45.0 Å². The number of rotatable bonds is 2. The maximum absolute atomic E-state index is 12.1. The molecule has 2 aromatic carbocycles. The molecule has 110 valence electrons. The van der Waals surface area contributed by atoms with Crippen LogP contribution in [0.3, 0.4) is 0 Å². The van der Waals surface area contributed by atoms with Crippen LogP contribution in [-0.4, -0.2) is 6.03 Å². The summed E-state index contributed by atoms with van der Waals surface area (Å²) in [7, 11) is 0. The highest BCUT2D eigenvalue weighted by atomic mass is 79.9. The van der Waals surface area contributed by atoms with Crippen LogP contribution < -0.4 is 10.6 Å². The number of hydrogen-bond acceptors (Lipinski definition) is 1. The molecule has 2 amide bonds. The molecule has 0 saturated heterocycles. The second kappa shape index (κ2) is 6.50. The molecule has 0 saturated carbocycles. The topological polar surface area (TPSA) is 41.1 Å². The van der Waals surface area contributed by atoms with Gasteiger partial charge in [0.15, 0.2) is 0 Å². The average molecular weight is 368 g/mol. The van der Waals surface area contributed by atoms with E-state index in [1.165, 1.54) is 0 Å². The van der Waals surface area contributed by atoms with Crippen molar-refractivity contribution in [2.24, 2.45) is 0 Å². The number of nitrogens with one attached hydrogen (secondary N) is 2. The Bertz CT molecular complexity index is 678. The first kappa shape index (κ1) is 15.9. The zero-order valence-electron chi connectivity index (χ0n) is 12.1. The molecule has 0 radical (unpaired) electrons. The predicted molar refractivity (Wildman–Crippen MR) is 92.4 cm³/mol. The zero-order valence-corrected chi connectivity index (χ0v) is 14.4. The first-order chi connectivity index (χ1) is 9.86. The first-order valence-electron chi connectivity index (χ1n) is 6.47. The van der Waals surface area contributed by atoms with Gasteiger partial charge in [0.1, 0.15) is 0 Å². The van der Waals surface area contributed by atoms with Gasteiger partial charge in [0.25, 0.3) is 0 Å². The molecule has 0 spiro atoms. The van der Waals surface area contributed by atoms with Crippen molar-refractivity contribution in [1.29, 1.82) is 0 Å². The number of benzene rings is 2. The van der Waals surface area contributed by atoms with Crippen LogP contribution in [0.15, 0.2) is 34.8 Å². The van der Waals surface area contributed by atoms with E-state index >= 15 is 0 Å². The van der Waals surface area contributed by atoms with E-state index in [1.54, 1.807) is 6.07 Å². The number of carbonyl (C=O) groups is 1. The second-order valence-electron chi connectivity index (χ2n) is 4.96. The van der Waals surface area contributed by atoms with Gasteiger partial charge < -0.3 is 10.6 Å². The van der Waals surface area contributed by atoms with Crippen molar-refractivity contribution in [1.82, 2.24) is 0 Å². The number of carbonyl (C=O) groups excluding carboxylic acids is 1. The maximum atomic E-state index is 12.1. The van der Waals surface area contributed by atoms with E-state index in [9.17, 15) is 4.79 Å². The summed E-state index contributed by atoms with van der Waals surface area (Å²) >= 11 is 9.49. The number of anilines is 2. The van der Waals surface area contributed by atoms with E-state index in [4.69, 9.17) is 11.6 Å². The molecular weight excluding hydrogens is 352 g/mol. The normalized spacial score (nSPS) is 10.3. The lowest BCUT2D eigenvalue weighted by molar-refractivity contribution is 0.262. The fourth-order valence-corrected chi connectivity index (χ4v) is 2.92. The first-order valence-corrected chi connectivity index (χ1v) is 7.65. The molecule has 2 N–H and O–H groups in total. The Morgan fingerprint density at radius 2 is 1.62 bits per heavy atom. The third-order valence-corrected chi connectivity index (χ3v) is 4.03. The van der Waals surface area contributed by atoms with Crippen LogP contribution in [0.25, 0.3) is 0 Å². The van der Waals surface area contributed by atoms with Crippen molar-refractivity contribution < 1.29 is 4.79 Å². The van der Waals surface area contributed by atoms with E-state index < -0.39 is 0 Å². The van der Waals surface area contributed by atoms with Gasteiger partial charge in [-0.3, -0.25) is 0 Å². The van der Waals surface area contributed by atoms with Crippen molar-refractivity contribution in [3.8, 4) is 0 Å². The van der Waals surface area contributed by atoms with E-state index in [2.05, 4.69) is 26.6 Å². The number of amides is 2. The lowest BCUT2D eigenvalue weighted by Crippen LogP contribution is -2.20. The minimum absolute atomic E-state index is 0.288. The Kier molecular flexibility index (Phi) is 4.91. The zero-order chi connectivity index (χ0) is 15.6. The summed E-state index contributed by atoms with van der Waals surface area (Å²) in [6.07, 6.45) is 0. The fraction of sp³-hybridized carbons (Fsp3) is 0.188. The van der Waals surface area contributed by atoms with Crippen LogP contribution in [0.2, 0.25) is 5.02 Å². The van der Waals surface area contributed by atoms with E-state index in [0.29, 0.717) is 10.7 Å². The van der Waals surface area contributed by atoms with Crippen molar-refractivity contribution in [3.63, 3.8) is 0 Å². The standard InChI is InChI=1S/C16H16BrClN2O/c1-9-4-5-13(8-14(9)18)19-16(21)20-15-10(2)6-12(17)7-11(15)3/h4-8H,1-3H3,(H2,19,20,21). The van der Waals surface area contributed by atoms with Crippen molar-refractivity contribution in [2.45, 2.75) is 20.8 Å². The molecule has 2 rings (SSSR count). The Balaban J connectivity index is 2.13. The minimum Gasteiger partial charge on any atom is -0.308 e. The average Bonchev–Trinajstić information content (AvgIpc) is 2.38. The highest BCUT2D eigenvalue weighted by Crippen LogP contribution is 2.25. The smallest absolute Gasteiger partial charge is 0.308 e. The van der Waals surface area contributed by atoms with E-state index in [-0.39, 0.29) is 6.03 Å². The molecule has 0 bridgehead atoms. The van der Waals surface area contributed by atoms with Crippen LogP contribution in [0.1, 0.15) is 16.7 Å². The second-order valence-corrected chi connectivity index (χ2v) is 6.28. The van der Waals surface area contributed by atoms with Gasteiger partial charge in [-0.15, -0.1) is 0 Å². The van der Waals surface area contributed by atoms with Gasteiger partial charge in [-0.05, 0) is 61.7 Å². The van der Waals surface area contributed by atoms with Crippen LogP contribution >= 0.6 is 27.5 Å². The number of hydrogen-bond donors (Lipinski definition) is 2. The maximum Gasteiger partial charge on any atom is 0.323 e. The Labute approximate surface area is 137 Å². The summed E-state index contributed by atoms with van der Waals surface area (Å²) in [5.41, 5.74) is 4.45. The molecule has 0 aliphatic carbocycles. The SMILES string of the molecule is Cc1ccc(NC(=O)Nc2c(C)cc(Br)cc2C)cc1Cl. The lowest BCUT2D eigenvalue weighted by atomic mass is 10.1. The Morgan fingerprint density at radius 1 is 1.00 bits per heavy atom. The number of aryl methyl sites for hydroxylation is 3. The third kappa shape index (κ3) is 3.99. The molecule has 0 fully saturated rings. The van der Waals surface area contributed by atoms with Crippen molar-refractivity contribution >= 4 is 44.9 Å². The monoisotopic (exact) mass is 366 g/mol. The molecule has 0 heterocycles.